The summed E-state index contributed by atoms with van der Waals surface area (Å²) in [7, 11) is 0. The van der Waals surface area contributed by atoms with E-state index >= 15 is 0 Å². The third-order valence-electron chi connectivity index (χ3n) is 3.02. The molecule has 2 unspecified atom stereocenters. The third-order valence-corrected chi connectivity index (χ3v) is 3.55. The number of hydrogen-bond donors (Lipinski definition) is 1. The molecule has 96 valence electrons. The largest absolute Gasteiger partial charge is 0.326 e. The van der Waals surface area contributed by atoms with Gasteiger partial charge in [0, 0.05) is 16.2 Å². The van der Waals surface area contributed by atoms with Gasteiger partial charge in [0.25, 0.3) is 0 Å². The molecule has 18 heavy (non-hydrogen) atoms. The first-order chi connectivity index (χ1) is 8.49. The lowest BCUT2D eigenvalue weighted by atomic mass is 10.0. The van der Waals surface area contributed by atoms with Crippen LogP contribution in [0.3, 0.4) is 0 Å². The van der Waals surface area contributed by atoms with Crippen LogP contribution in [0, 0.1) is 13.8 Å². The van der Waals surface area contributed by atoms with Crippen LogP contribution >= 0.6 is 15.9 Å². The number of aryl methyl sites for hydroxylation is 2. The summed E-state index contributed by atoms with van der Waals surface area (Å²) < 4.78 is 3.09. The fourth-order valence-electron chi connectivity index (χ4n) is 2.26. The van der Waals surface area contributed by atoms with Gasteiger partial charge in [0.2, 0.25) is 0 Å². The highest BCUT2D eigenvalue weighted by molar-refractivity contribution is 9.10. The van der Waals surface area contributed by atoms with E-state index in [4.69, 9.17) is 5.73 Å². The quantitative estimate of drug-likeness (QED) is 0.946. The van der Waals surface area contributed by atoms with Gasteiger partial charge in [-0.15, -0.1) is 0 Å². The monoisotopic (exact) mass is 307 g/mol. The van der Waals surface area contributed by atoms with E-state index in [-0.39, 0.29) is 12.1 Å². The number of nitrogens with zero attached hydrogens (tertiary/aromatic N) is 2. The Labute approximate surface area is 116 Å². The highest BCUT2D eigenvalue weighted by Gasteiger charge is 2.20. The minimum absolute atomic E-state index is 0.00387. The highest BCUT2D eigenvalue weighted by atomic mass is 79.9. The van der Waals surface area contributed by atoms with Crippen LogP contribution in [0.1, 0.15) is 29.9 Å². The maximum atomic E-state index is 6.14. The van der Waals surface area contributed by atoms with Gasteiger partial charge in [-0.1, -0.05) is 28.1 Å². The molecule has 0 fully saturated rings. The third kappa shape index (κ3) is 2.65. The SMILES string of the molecule is Cc1cc(C)n(C(c2ccc(Br)cc2)C(C)N)n1. The average Bonchev–Trinajstić information content (AvgIpc) is 2.61. The van der Waals surface area contributed by atoms with E-state index in [9.17, 15) is 0 Å². The molecular formula is C14H18BrN3. The summed E-state index contributed by atoms with van der Waals surface area (Å²) in [4.78, 5) is 0. The summed E-state index contributed by atoms with van der Waals surface area (Å²) >= 11 is 3.45. The first kappa shape index (κ1) is 13.3. The van der Waals surface area contributed by atoms with E-state index in [1.54, 1.807) is 0 Å². The molecule has 0 aliphatic rings. The normalized spacial score (nSPS) is 14.5. The van der Waals surface area contributed by atoms with Crippen molar-refractivity contribution in [2.24, 2.45) is 5.73 Å². The van der Waals surface area contributed by atoms with Crippen molar-refractivity contribution in [1.29, 1.82) is 0 Å². The van der Waals surface area contributed by atoms with E-state index in [2.05, 4.69) is 46.2 Å². The Kier molecular flexibility index (Phi) is 3.88. The molecule has 2 N–H and O–H groups in total. The smallest absolute Gasteiger partial charge is 0.0919 e. The first-order valence-electron chi connectivity index (χ1n) is 6.03. The van der Waals surface area contributed by atoms with Crippen molar-refractivity contribution >= 4 is 15.9 Å². The molecule has 0 saturated heterocycles. The predicted octanol–water partition coefficient (Wildman–Crippen LogP) is 3.20. The van der Waals surface area contributed by atoms with Crippen molar-refractivity contribution < 1.29 is 0 Å². The molecule has 0 spiro atoms. The molecule has 4 heteroatoms. The number of hydrogen-bond acceptors (Lipinski definition) is 2. The standard InChI is InChI=1S/C14H18BrN3/c1-9-8-10(2)18(17-9)14(11(3)16)12-4-6-13(15)7-5-12/h4-8,11,14H,16H2,1-3H3. The summed E-state index contributed by atoms with van der Waals surface area (Å²) in [5.41, 5.74) is 9.48. The average molecular weight is 308 g/mol. The molecule has 0 aliphatic heterocycles. The van der Waals surface area contributed by atoms with Crippen molar-refractivity contribution in [2.45, 2.75) is 32.9 Å². The molecule has 2 aromatic rings. The van der Waals surface area contributed by atoms with E-state index in [0.717, 1.165) is 15.9 Å². The summed E-state index contributed by atoms with van der Waals surface area (Å²) in [6, 6.07) is 10.4. The van der Waals surface area contributed by atoms with E-state index < -0.39 is 0 Å². The molecule has 0 saturated carbocycles. The lowest BCUT2D eigenvalue weighted by Crippen LogP contribution is -2.31. The Morgan fingerprint density at radius 2 is 1.83 bits per heavy atom. The number of aromatic nitrogens is 2. The molecule has 0 radical (unpaired) electrons. The Morgan fingerprint density at radius 1 is 1.22 bits per heavy atom. The Morgan fingerprint density at radius 3 is 2.28 bits per heavy atom. The van der Waals surface area contributed by atoms with Crippen molar-refractivity contribution in [3.05, 3.63) is 51.8 Å². The molecule has 0 amide bonds. The second-order valence-electron chi connectivity index (χ2n) is 4.73. The van der Waals surface area contributed by atoms with Gasteiger partial charge in [0.05, 0.1) is 11.7 Å². The zero-order valence-corrected chi connectivity index (χ0v) is 12.5. The Hall–Kier alpha value is -1.13. The number of halogens is 1. The van der Waals surface area contributed by atoms with Crippen LogP contribution in [-0.2, 0) is 0 Å². The zero-order chi connectivity index (χ0) is 13.3. The maximum Gasteiger partial charge on any atom is 0.0919 e. The summed E-state index contributed by atoms with van der Waals surface area (Å²) in [6.45, 7) is 6.08. The van der Waals surface area contributed by atoms with Gasteiger partial charge in [0.15, 0.2) is 0 Å². The van der Waals surface area contributed by atoms with E-state index in [1.807, 2.05) is 30.7 Å². The lowest BCUT2D eigenvalue weighted by Gasteiger charge is -2.23. The minimum Gasteiger partial charge on any atom is -0.326 e. The van der Waals surface area contributed by atoms with Gasteiger partial charge < -0.3 is 5.73 Å². The second-order valence-corrected chi connectivity index (χ2v) is 5.64. The zero-order valence-electron chi connectivity index (χ0n) is 10.9. The maximum absolute atomic E-state index is 6.14. The van der Waals surface area contributed by atoms with Crippen LogP contribution in [0.25, 0.3) is 0 Å². The number of benzene rings is 1. The Bertz CT molecular complexity index is 528. The highest BCUT2D eigenvalue weighted by Crippen LogP contribution is 2.24. The van der Waals surface area contributed by atoms with Gasteiger partial charge >= 0.3 is 0 Å². The first-order valence-corrected chi connectivity index (χ1v) is 6.82. The summed E-state index contributed by atoms with van der Waals surface area (Å²) in [6.07, 6.45) is 0. The van der Waals surface area contributed by atoms with Gasteiger partial charge in [-0.25, -0.2) is 0 Å². The fourth-order valence-corrected chi connectivity index (χ4v) is 2.52. The second kappa shape index (κ2) is 5.24. The molecular weight excluding hydrogens is 290 g/mol. The topological polar surface area (TPSA) is 43.8 Å². The molecule has 1 aromatic heterocycles. The number of nitrogens with two attached hydrogens (primary N) is 1. The van der Waals surface area contributed by atoms with E-state index in [0.29, 0.717) is 0 Å². The molecule has 3 nitrogen and oxygen atoms in total. The van der Waals surface area contributed by atoms with Crippen molar-refractivity contribution in [3.8, 4) is 0 Å². The fraction of sp³-hybridized carbons (Fsp3) is 0.357. The van der Waals surface area contributed by atoms with Crippen LogP contribution in [0.15, 0.2) is 34.8 Å². The van der Waals surface area contributed by atoms with Crippen LogP contribution in [0.2, 0.25) is 0 Å². The minimum atomic E-state index is 0.00387. The van der Waals surface area contributed by atoms with Crippen LogP contribution in [0.4, 0.5) is 0 Å². The van der Waals surface area contributed by atoms with Gasteiger partial charge in [-0.2, -0.15) is 5.10 Å². The molecule has 2 atom stereocenters. The van der Waals surface area contributed by atoms with Crippen LogP contribution < -0.4 is 5.73 Å². The molecule has 2 rings (SSSR count). The Balaban J connectivity index is 2.46. The van der Waals surface area contributed by atoms with Crippen molar-refractivity contribution in [2.75, 3.05) is 0 Å². The van der Waals surface area contributed by atoms with Crippen molar-refractivity contribution in [3.63, 3.8) is 0 Å². The van der Waals surface area contributed by atoms with Crippen LogP contribution in [0.5, 0.6) is 0 Å². The van der Waals surface area contributed by atoms with Crippen LogP contribution in [-0.4, -0.2) is 15.8 Å². The number of rotatable bonds is 3. The molecule has 1 heterocycles. The van der Waals surface area contributed by atoms with Gasteiger partial charge in [0.1, 0.15) is 0 Å². The molecule has 1 aromatic carbocycles. The van der Waals surface area contributed by atoms with Crippen molar-refractivity contribution in [1.82, 2.24) is 9.78 Å². The predicted molar refractivity (Wildman–Crippen MR) is 77.6 cm³/mol. The summed E-state index contributed by atoms with van der Waals surface area (Å²) in [5.74, 6) is 0. The van der Waals surface area contributed by atoms with Gasteiger partial charge in [-0.3, -0.25) is 4.68 Å². The molecule has 0 aliphatic carbocycles. The summed E-state index contributed by atoms with van der Waals surface area (Å²) in [5, 5.41) is 4.56. The lowest BCUT2D eigenvalue weighted by molar-refractivity contribution is 0.443. The molecule has 0 bridgehead atoms. The van der Waals surface area contributed by atoms with E-state index in [1.165, 1.54) is 5.56 Å². The van der Waals surface area contributed by atoms with Gasteiger partial charge in [-0.05, 0) is 44.5 Å².